The highest BCUT2D eigenvalue weighted by atomic mass is 16.5. The number of hydrogen-bond donors (Lipinski definition) is 2. The molecule has 0 aliphatic carbocycles. The van der Waals surface area contributed by atoms with E-state index in [0.29, 0.717) is 19.0 Å². The molecule has 1 heterocycles. The van der Waals surface area contributed by atoms with Gasteiger partial charge >= 0.3 is 6.09 Å². The zero-order valence-corrected chi connectivity index (χ0v) is 17.1. The molecule has 1 aromatic rings. The zero-order chi connectivity index (χ0) is 19.8. The van der Waals surface area contributed by atoms with Crippen molar-refractivity contribution in [3.8, 4) is 0 Å². The number of imidazole rings is 1. The number of nitrogens with one attached hydrogen (secondary N) is 2. The Morgan fingerprint density at radius 1 is 1.32 bits per heavy atom. The summed E-state index contributed by atoms with van der Waals surface area (Å²) < 4.78 is 4.44. The minimum absolute atomic E-state index is 0.0842. The molecule has 25 heavy (non-hydrogen) atoms. The summed E-state index contributed by atoms with van der Waals surface area (Å²) >= 11 is 0. The molecule has 0 aliphatic rings. The fourth-order valence-electron chi connectivity index (χ4n) is 1.76. The molecular formula is C18H36N4O3. The molecule has 1 rings (SSSR count). The number of aromatic nitrogens is 2. The fourth-order valence-corrected chi connectivity index (χ4v) is 1.76. The van der Waals surface area contributed by atoms with Crippen molar-refractivity contribution in [1.29, 1.82) is 0 Å². The minimum atomic E-state index is -0.614. The molecule has 2 amide bonds. The van der Waals surface area contributed by atoms with E-state index < -0.39 is 6.09 Å². The first kappa shape index (κ1) is 25.2. The molecule has 0 fully saturated rings. The average Bonchev–Trinajstić information content (AvgIpc) is 2.98. The van der Waals surface area contributed by atoms with Gasteiger partial charge in [0.1, 0.15) is 12.4 Å². The lowest BCUT2D eigenvalue weighted by molar-refractivity contribution is -0.131. The molecule has 146 valence electrons. The van der Waals surface area contributed by atoms with Crippen LogP contribution in [0.5, 0.6) is 0 Å². The van der Waals surface area contributed by atoms with Crippen LogP contribution in [0.15, 0.2) is 6.20 Å². The summed E-state index contributed by atoms with van der Waals surface area (Å²) in [4.78, 5) is 32.1. The Balaban J connectivity index is 0. The van der Waals surface area contributed by atoms with Crippen molar-refractivity contribution >= 4 is 12.0 Å². The van der Waals surface area contributed by atoms with Crippen molar-refractivity contribution < 1.29 is 14.3 Å². The molecule has 0 aromatic carbocycles. The zero-order valence-electron chi connectivity index (χ0n) is 17.1. The van der Waals surface area contributed by atoms with Gasteiger partial charge in [-0.2, -0.15) is 0 Å². The first-order chi connectivity index (χ1) is 11.8. The Morgan fingerprint density at radius 3 is 2.28 bits per heavy atom. The molecule has 2 N–H and O–H groups in total. The summed E-state index contributed by atoms with van der Waals surface area (Å²) in [6, 6.07) is 0. The smallest absolute Gasteiger partial charge is 0.407 e. The number of alkyl carbamates (subject to hydrolysis) is 1. The van der Waals surface area contributed by atoms with Crippen LogP contribution in [0.4, 0.5) is 4.79 Å². The Hall–Kier alpha value is -2.05. The summed E-state index contributed by atoms with van der Waals surface area (Å²) in [5, 5.41) is 2.39. The van der Waals surface area contributed by atoms with Gasteiger partial charge in [0.25, 0.3) is 0 Å². The molecule has 7 heteroatoms. The third-order valence-corrected chi connectivity index (χ3v) is 2.60. The van der Waals surface area contributed by atoms with E-state index in [1.165, 1.54) is 13.5 Å². The van der Waals surface area contributed by atoms with Gasteiger partial charge in [-0.1, -0.05) is 48.0 Å². The maximum Gasteiger partial charge on any atom is 0.407 e. The SMILES string of the molecule is CC.CCC.COC(=O)NCC(=O)N(Cc1ncc(C)[nH]1)CC(C)C. The minimum Gasteiger partial charge on any atom is -0.453 e. The highest BCUT2D eigenvalue weighted by Crippen LogP contribution is 2.05. The number of hydrogen-bond acceptors (Lipinski definition) is 4. The van der Waals surface area contributed by atoms with Crippen LogP contribution in [0.1, 0.15) is 59.5 Å². The van der Waals surface area contributed by atoms with Crippen LogP contribution in [0.2, 0.25) is 0 Å². The Morgan fingerprint density at radius 2 is 1.88 bits per heavy atom. The standard InChI is InChI=1S/C13H22N4O3.C3H8.C2H6/c1-9(2)7-17(8-11-14-5-10(3)16-11)12(18)6-15-13(19)20-4;1-3-2;1-2/h5,9H,6-8H2,1-4H3,(H,14,16)(H,15,19);3H2,1-2H3;1-2H3. The van der Waals surface area contributed by atoms with Crippen molar-refractivity contribution in [3.63, 3.8) is 0 Å². The maximum absolute atomic E-state index is 12.1. The highest BCUT2D eigenvalue weighted by Gasteiger charge is 2.17. The Kier molecular flexibility index (Phi) is 15.6. The number of rotatable bonds is 6. The number of aryl methyl sites for hydroxylation is 1. The van der Waals surface area contributed by atoms with Gasteiger partial charge in [0.2, 0.25) is 5.91 Å². The van der Waals surface area contributed by atoms with Gasteiger partial charge in [0.15, 0.2) is 0 Å². The van der Waals surface area contributed by atoms with Crippen LogP contribution in [0, 0.1) is 12.8 Å². The van der Waals surface area contributed by atoms with Crippen molar-refractivity contribution in [2.45, 2.75) is 61.4 Å². The predicted octanol–water partition coefficient (Wildman–Crippen LogP) is 3.50. The van der Waals surface area contributed by atoms with Crippen LogP contribution in [-0.4, -0.2) is 47.1 Å². The monoisotopic (exact) mass is 356 g/mol. The number of H-pyrrole nitrogens is 1. The van der Waals surface area contributed by atoms with Crippen molar-refractivity contribution in [3.05, 3.63) is 17.7 Å². The highest BCUT2D eigenvalue weighted by molar-refractivity contribution is 5.82. The normalized spacial score (nSPS) is 9.32. The molecular weight excluding hydrogens is 320 g/mol. The lowest BCUT2D eigenvalue weighted by Gasteiger charge is -2.23. The van der Waals surface area contributed by atoms with E-state index in [-0.39, 0.29) is 12.5 Å². The summed E-state index contributed by atoms with van der Waals surface area (Å²) in [5.41, 5.74) is 0.949. The van der Waals surface area contributed by atoms with E-state index in [4.69, 9.17) is 0 Å². The third kappa shape index (κ3) is 13.0. The van der Waals surface area contributed by atoms with Crippen LogP contribution in [0.25, 0.3) is 0 Å². The van der Waals surface area contributed by atoms with E-state index in [2.05, 4.69) is 33.9 Å². The quantitative estimate of drug-likeness (QED) is 0.816. The Labute approximate surface area is 152 Å². The van der Waals surface area contributed by atoms with Gasteiger partial charge < -0.3 is 19.9 Å². The maximum atomic E-state index is 12.1. The molecule has 0 saturated carbocycles. The van der Waals surface area contributed by atoms with Crippen molar-refractivity contribution in [2.75, 3.05) is 20.2 Å². The number of nitrogens with zero attached hydrogens (tertiary/aromatic N) is 2. The van der Waals surface area contributed by atoms with Gasteiger partial charge in [-0.05, 0) is 12.8 Å². The first-order valence-corrected chi connectivity index (χ1v) is 8.93. The van der Waals surface area contributed by atoms with E-state index in [9.17, 15) is 9.59 Å². The van der Waals surface area contributed by atoms with Gasteiger partial charge in [-0.25, -0.2) is 9.78 Å². The number of carbonyl (C=O) groups excluding carboxylic acids is 2. The van der Waals surface area contributed by atoms with Crippen LogP contribution < -0.4 is 5.32 Å². The lowest BCUT2D eigenvalue weighted by Crippen LogP contribution is -2.41. The number of amides is 2. The molecule has 0 atom stereocenters. The summed E-state index contributed by atoms with van der Waals surface area (Å²) in [6.45, 7) is 15.1. The summed E-state index contributed by atoms with van der Waals surface area (Å²) in [6.07, 6.45) is 2.36. The third-order valence-electron chi connectivity index (χ3n) is 2.60. The van der Waals surface area contributed by atoms with Crippen LogP contribution >= 0.6 is 0 Å². The predicted molar refractivity (Wildman–Crippen MR) is 101 cm³/mol. The molecule has 0 unspecified atom stereocenters. The lowest BCUT2D eigenvalue weighted by atomic mass is 10.2. The van der Waals surface area contributed by atoms with Gasteiger partial charge in [-0.3, -0.25) is 4.79 Å². The number of aromatic amines is 1. The van der Waals surface area contributed by atoms with Crippen LogP contribution in [0.3, 0.4) is 0 Å². The molecule has 0 spiro atoms. The van der Waals surface area contributed by atoms with Gasteiger partial charge in [0, 0.05) is 18.4 Å². The van der Waals surface area contributed by atoms with E-state index in [1.54, 1.807) is 11.1 Å². The number of ether oxygens (including phenoxy) is 1. The van der Waals surface area contributed by atoms with E-state index in [0.717, 1.165) is 11.5 Å². The molecule has 0 saturated heterocycles. The second-order valence-electron chi connectivity index (χ2n) is 5.73. The summed E-state index contributed by atoms with van der Waals surface area (Å²) in [5.74, 6) is 0.890. The van der Waals surface area contributed by atoms with Crippen molar-refractivity contribution in [2.24, 2.45) is 5.92 Å². The van der Waals surface area contributed by atoms with Crippen LogP contribution in [-0.2, 0) is 16.1 Å². The second-order valence-corrected chi connectivity index (χ2v) is 5.73. The fraction of sp³-hybridized carbons (Fsp3) is 0.722. The van der Waals surface area contributed by atoms with E-state index >= 15 is 0 Å². The van der Waals surface area contributed by atoms with Gasteiger partial charge in [-0.15, -0.1) is 0 Å². The number of carbonyl (C=O) groups is 2. The molecule has 0 radical (unpaired) electrons. The Bertz CT molecular complexity index is 473. The topological polar surface area (TPSA) is 87.3 Å². The van der Waals surface area contributed by atoms with Crippen molar-refractivity contribution in [1.82, 2.24) is 20.2 Å². The van der Waals surface area contributed by atoms with Gasteiger partial charge in [0.05, 0.1) is 13.7 Å². The second kappa shape index (κ2) is 15.5. The molecule has 0 bridgehead atoms. The largest absolute Gasteiger partial charge is 0.453 e. The molecule has 7 nitrogen and oxygen atoms in total. The summed E-state index contributed by atoms with van der Waals surface area (Å²) in [7, 11) is 1.26. The average molecular weight is 357 g/mol. The van der Waals surface area contributed by atoms with E-state index in [1.807, 2.05) is 34.6 Å². The molecule has 0 aliphatic heterocycles. The number of methoxy groups -OCH3 is 1. The molecule has 1 aromatic heterocycles. The first-order valence-electron chi connectivity index (χ1n) is 8.93.